The molecule has 0 fully saturated rings. The Kier molecular flexibility index (Phi) is 5.85. The maximum atomic E-state index is 13.8. The van der Waals surface area contributed by atoms with E-state index < -0.39 is 4.84 Å². The molecule has 0 spiro atoms. The topological polar surface area (TPSA) is 84.0 Å². The molecule has 1 aromatic heterocycles. The lowest BCUT2D eigenvalue weighted by molar-refractivity contribution is 0.0984. The number of anilines is 1. The van der Waals surface area contributed by atoms with E-state index in [0.29, 0.717) is 39.5 Å². The molecule has 0 bridgehead atoms. The lowest BCUT2D eigenvalue weighted by Crippen LogP contribution is -2.31. The van der Waals surface area contributed by atoms with Gasteiger partial charge in [0.2, 0.25) is 5.75 Å². The van der Waals surface area contributed by atoms with E-state index in [1.54, 1.807) is 23.1 Å². The van der Waals surface area contributed by atoms with Gasteiger partial charge in [0.25, 0.3) is 5.91 Å². The minimum atomic E-state index is -0.741. The van der Waals surface area contributed by atoms with Crippen LogP contribution in [-0.4, -0.2) is 48.7 Å². The standard InChI is InChI=1S/C26H24Cl2N2O5/c1-12-6-5-7-14-18(31)10-17-21(20(12)14)15(25(27)28)11-30(17)26(32)16-8-13-9-19(33-2)23(34-3)24(35-4)22(13)29-16/h5-10,15,25,29,31H,11H2,1-4H3/t15-/m1/s1. The predicted octanol–water partition coefficient (Wildman–Crippen LogP) is 5.91. The summed E-state index contributed by atoms with van der Waals surface area (Å²) >= 11 is 12.8. The summed E-state index contributed by atoms with van der Waals surface area (Å²) in [6.07, 6.45) is 0. The van der Waals surface area contributed by atoms with Crippen molar-refractivity contribution < 1.29 is 24.1 Å². The number of carbonyl (C=O) groups excluding carboxylic acids is 1. The Bertz CT molecular complexity index is 1480. The molecule has 2 heterocycles. The van der Waals surface area contributed by atoms with Crippen molar-refractivity contribution in [2.24, 2.45) is 0 Å². The van der Waals surface area contributed by atoms with Crippen LogP contribution in [0.15, 0.2) is 36.4 Å². The monoisotopic (exact) mass is 514 g/mol. The Morgan fingerprint density at radius 1 is 1.11 bits per heavy atom. The number of phenols is 1. The first-order chi connectivity index (χ1) is 16.8. The molecule has 35 heavy (non-hydrogen) atoms. The number of fused-ring (bicyclic) bond motifs is 4. The summed E-state index contributed by atoms with van der Waals surface area (Å²) in [4.78, 5) is 17.9. The fourth-order valence-electron chi connectivity index (χ4n) is 5.04. The summed E-state index contributed by atoms with van der Waals surface area (Å²) in [5.41, 5.74) is 3.36. The number of hydrogen-bond donors (Lipinski definition) is 2. The van der Waals surface area contributed by atoms with E-state index in [4.69, 9.17) is 37.4 Å². The Balaban J connectivity index is 1.68. The van der Waals surface area contributed by atoms with E-state index in [9.17, 15) is 9.90 Å². The van der Waals surface area contributed by atoms with Crippen LogP contribution in [0.5, 0.6) is 23.0 Å². The van der Waals surface area contributed by atoms with Crippen LogP contribution in [0.2, 0.25) is 0 Å². The number of halogens is 2. The predicted molar refractivity (Wildman–Crippen MR) is 138 cm³/mol. The van der Waals surface area contributed by atoms with Gasteiger partial charge in [0.05, 0.1) is 32.5 Å². The number of aromatic amines is 1. The van der Waals surface area contributed by atoms with Gasteiger partial charge in [-0.3, -0.25) is 4.79 Å². The van der Waals surface area contributed by atoms with Crippen LogP contribution >= 0.6 is 23.2 Å². The molecule has 1 amide bonds. The van der Waals surface area contributed by atoms with Crippen LogP contribution in [0.25, 0.3) is 21.7 Å². The van der Waals surface area contributed by atoms with Gasteiger partial charge in [-0.2, -0.15) is 0 Å². The Hall–Kier alpha value is -3.29. The molecule has 0 radical (unpaired) electrons. The number of H-pyrrole nitrogens is 1. The zero-order chi connectivity index (χ0) is 25.0. The van der Waals surface area contributed by atoms with Crippen molar-refractivity contribution in [1.82, 2.24) is 4.98 Å². The van der Waals surface area contributed by atoms with Crippen LogP contribution in [0, 0.1) is 6.92 Å². The van der Waals surface area contributed by atoms with Gasteiger partial charge in [-0.15, -0.1) is 23.2 Å². The van der Waals surface area contributed by atoms with Crippen molar-refractivity contribution in [3.05, 3.63) is 53.2 Å². The van der Waals surface area contributed by atoms with Gasteiger partial charge in [0.1, 0.15) is 16.3 Å². The fraction of sp³-hybridized carbons (Fsp3) is 0.269. The number of rotatable bonds is 5. The summed E-state index contributed by atoms with van der Waals surface area (Å²) < 4.78 is 16.5. The number of benzene rings is 3. The number of aromatic nitrogens is 1. The van der Waals surface area contributed by atoms with Gasteiger partial charge in [-0.25, -0.2) is 0 Å². The number of aryl methyl sites for hydroxylation is 1. The maximum Gasteiger partial charge on any atom is 0.274 e. The molecule has 1 atom stereocenters. The van der Waals surface area contributed by atoms with Crippen molar-refractivity contribution in [3.63, 3.8) is 0 Å². The minimum Gasteiger partial charge on any atom is -0.507 e. The van der Waals surface area contributed by atoms with Crippen LogP contribution in [0.3, 0.4) is 0 Å². The van der Waals surface area contributed by atoms with Crippen molar-refractivity contribution in [3.8, 4) is 23.0 Å². The summed E-state index contributed by atoms with van der Waals surface area (Å²) in [5, 5.41) is 13.1. The average molecular weight is 515 g/mol. The number of alkyl halides is 2. The smallest absolute Gasteiger partial charge is 0.274 e. The number of carbonyl (C=O) groups is 1. The van der Waals surface area contributed by atoms with Crippen molar-refractivity contribution in [2.75, 3.05) is 32.8 Å². The number of nitrogens with one attached hydrogen (secondary N) is 1. The third-order valence-corrected chi connectivity index (χ3v) is 7.22. The van der Waals surface area contributed by atoms with Gasteiger partial charge in [0.15, 0.2) is 11.5 Å². The van der Waals surface area contributed by atoms with E-state index in [-0.39, 0.29) is 24.1 Å². The highest BCUT2D eigenvalue weighted by Crippen LogP contribution is 2.49. The number of aromatic hydroxyl groups is 1. The number of nitrogens with zero attached hydrogens (tertiary/aromatic N) is 1. The molecule has 9 heteroatoms. The molecule has 2 N–H and O–H groups in total. The second-order valence-electron chi connectivity index (χ2n) is 8.48. The molecule has 4 aromatic rings. The fourth-order valence-corrected chi connectivity index (χ4v) is 5.45. The van der Waals surface area contributed by atoms with E-state index in [1.807, 2.05) is 25.1 Å². The van der Waals surface area contributed by atoms with E-state index >= 15 is 0 Å². The molecular formula is C26H24Cl2N2O5. The number of hydrogen-bond acceptors (Lipinski definition) is 5. The van der Waals surface area contributed by atoms with Crippen LogP contribution in [-0.2, 0) is 0 Å². The summed E-state index contributed by atoms with van der Waals surface area (Å²) in [5.74, 6) is 0.831. The summed E-state index contributed by atoms with van der Waals surface area (Å²) in [7, 11) is 4.59. The lowest BCUT2D eigenvalue weighted by Gasteiger charge is -2.18. The van der Waals surface area contributed by atoms with Gasteiger partial charge >= 0.3 is 0 Å². The highest BCUT2D eigenvalue weighted by Gasteiger charge is 2.39. The zero-order valence-corrected chi connectivity index (χ0v) is 21.1. The SMILES string of the molecule is COc1cc2cc(C(=O)N3C[C@@H](C(Cl)Cl)c4c3cc(O)c3cccc(C)c43)[nH]c2c(OC)c1OC. The van der Waals surface area contributed by atoms with Crippen LogP contribution in [0.1, 0.15) is 27.5 Å². The summed E-state index contributed by atoms with van der Waals surface area (Å²) in [6, 6.07) is 10.8. The highest BCUT2D eigenvalue weighted by atomic mass is 35.5. The molecule has 1 aliphatic rings. The zero-order valence-electron chi connectivity index (χ0n) is 19.6. The van der Waals surface area contributed by atoms with Gasteiger partial charge in [-0.05, 0) is 35.6 Å². The minimum absolute atomic E-state index is 0.0920. The first-order valence-electron chi connectivity index (χ1n) is 11.0. The lowest BCUT2D eigenvalue weighted by atomic mass is 9.92. The van der Waals surface area contributed by atoms with Gasteiger partial charge in [0, 0.05) is 29.3 Å². The molecule has 5 rings (SSSR count). The normalized spacial score (nSPS) is 15.2. The molecule has 0 unspecified atom stereocenters. The number of ether oxygens (including phenoxy) is 3. The quantitative estimate of drug-likeness (QED) is 0.323. The van der Waals surface area contributed by atoms with Crippen molar-refractivity contribution >= 4 is 56.5 Å². The highest BCUT2D eigenvalue weighted by molar-refractivity contribution is 6.45. The molecule has 1 aliphatic heterocycles. The van der Waals surface area contributed by atoms with Crippen molar-refractivity contribution in [1.29, 1.82) is 0 Å². The molecule has 0 aliphatic carbocycles. The first-order valence-corrected chi connectivity index (χ1v) is 11.8. The second kappa shape index (κ2) is 8.73. The Morgan fingerprint density at radius 3 is 2.51 bits per heavy atom. The number of phenolic OH excluding ortho intramolecular Hbond substituents is 1. The van der Waals surface area contributed by atoms with E-state index in [0.717, 1.165) is 21.9 Å². The average Bonchev–Trinajstić information content (AvgIpc) is 3.44. The summed E-state index contributed by atoms with van der Waals surface area (Å²) in [6.45, 7) is 2.24. The largest absolute Gasteiger partial charge is 0.507 e. The second-order valence-corrected chi connectivity index (χ2v) is 9.64. The first kappa shape index (κ1) is 23.5. The van der Waals surface area contributed by atoms with E-state index in [1.165, 1.54) is 21.3 Å². The molecule has 0 saturated carbocycles. The van der Waals surface area contributed by atoms with Gasteiger partial charge < -0.3 is 29.2 Å². The van der Waals surface area contributed by atoms with Crippen LogP contribution in [0.4, 0.5) is 5.69 Å². The third-order valence-electron chi connectivity index (χ3n) is 6.61. The number of amides is 1. The Labute approximate surface area is 212 Å². The number of methoxy groups -OCH3 is 3. The molecule has 3 aromatic carbocycles. The van der Waals surface area contributed by atoms with Gasteiger partial charge in [-0.1, -0.05) is 18.2 Å². The van der Waals surface area contributed by atoms with E-state index in [2.05, 4.69) is 4.98 Å². The van der Waals surface area contributed by atoms with Crippen molar-refractivity contribution in [2.45, 2.75) is 17.7 Å². The Morgan fingerprint density at radius 2 is 1.86 bits per heavy atom. The molecule has 0 saturated heterocycles. The van der Waals surface area contributed by atoms with Crippen LogP contribution < -0.4 is 19.1 Å². The molecule has 7 nitrogen and oxygen atoms in total. The molecule has 182 valence electrons. The third kappa shape index (κ3) is 3.53. The molecular weight excluding hydrogens is 491 g/mol. The maximum absolute atomic E-state index is 13.8.